The van der Waals surface area contributed by atoms with Gasteiger partial charge in [-0.15, -0.1) is 11.6 Å². The zero-order chi connectivity index (χ0) is 13.2. The minimum atomic E-state index is -4.44. The molecule has 94 valence electrons. The van der Waals surface area contributed by atoms with Crippen molar-refractivity contribution in [1.29, 1.82) is 0 Å². The van der Waals surface area contributed by atoms with E-state index in [9.17, 15) is 18.0 Å². The van der Waals surface area contributed by atoms with Gasteiger partial charge in [0.15, 0.2) is 5.78 Å². The summed E-state index contributed by atoms with van der Waals surface area (Å²) in [5.74, 6) is -0.536. The Hall–Kier alpha value is -0.200. The van der Waals surface area contributed by atoms with Crippen LogP contribution in [0.25, 0.3) is 0 Å². The van der Waals surface area contributed by atoms with Gasteiger partial charge in [0.1, 0.15) is 0 Å². The highest BCUT2D eigenvalue weighted by atomic mass is 79.9. The van der Waals surface area contributed by atoms with Crippen LogP contribution in [0.3, 0.4) is 0 Å². The van der Waals surface area contributed by atoms with Crippen LogP contribution in [-0.4, -0.2) is 16.7 Å². The van der Waals surface area contributed by atoms with Crippen LogP contribution in [-0.2, 0) is 0 Å². The second-order valence-electron chi connectivity index (χ2n) is 3.14. The zero-order valence-corrected chi connectivity index (χ0v) is 11.7. The number of Topliss-reactive ketones (excluding diaryl/α,β-unsaturated/α-hetero) is 1. The number of carbonyl (C=O) groups excluding carboxylic acids is 1. The Labute approximate surface area is 114 Å². The van der Waals surface area contributed by atoms with Gasteiger partial charge in [-0.25, -0.2) is 0 Å². The molecule has 0 aromatic heterocycles. The van der Waals surface area contributed by atoms with Crippen LogP contribution >= 0.6 is 39.3 Å². The van der Waals surface area contributed by atoms with Gasteiger partial charge >= 0.3 is 5.51 Å². The normalized spacial score (nSPS) is 13.5. The molecule has 1 atom stereocenters. The van der Waals surface area contributed by atoms with Gasteiger partial charge in [0.2, 0.25) is 0 Å². The molecule has 0 fully saturated rings. The number of hydrogen-bond donors (Lipinski definition) is 0. The molecule has 0 bridgehead atoms. The molecule has 0 amide bonds. The Kier molecular flexibility index (Phi) is 4.92. The Bertz CT molecular complexity index is 434. The van der Waals surface area contributed by atoms with Crippen LogP contribution in [0.4, 0.5) is 13.2 Å². The molecule has 0 heterocycles. The monoisotopic (exact) mass is 346 g/mol. The highest BCUT2D eigenvalue weighted by Crippen LogP contribution is 2.40. The molecule has 0 saturated carbocycles. The maximum atomic E-state index is 12.3. The average Bonchev–Trinajstić information content (AvgIpc) is 2.14. The molecular weight excluding hydrogens is 341 g/mol. The summed E-state index contributed by atoms with van der Waals surface area (Å²) in [6.45, 7) is 1.42. The van der Waals surface area contributed by atoms with Crippen molar-refractivity contribution in [2.75, 3.05) is 0 Å². The predicted molar refractivity (Wildman–Crippen MR) is 65.7 cm³/mol. The molecule has 17 heavy (non-hydrogen) atoms. The Balaban J connectivity index is 3.22. The van der Waals surface area contributed by atoms with E-state index in [-0.39, 0.29) is 22.2 Å². The first-order chi connectivity index (χ1) is 7.72. The van der Waals surface area contributed by atoms with Crippen molar-refractivity contribution in [3.63, 3.8) is 0 Å². The summed E-state index contributed by atoms with van der Waals surface area (Å²) >= 11 is 8.36. The van der Waals surface area contributed by atoms with Crippen molar-refractivity contribution in [2.24, 2.45) is 0 Å². The lowest BCUT2D eigenvalue weighted by Crippen LogP contribution is -2.13. The quantitative estimate of drug-likeness (QED) is 0.441. The molecule has 1 aromatic rings. The Morgan fingerprint density at radius 2 is 2.06 bits per heavy atom. The summed E-state index contributed by atoms with van der Waals surface area (Å²) < 4.78 is 37.3. The van der Waals surface area contributed by atoms with Gasteiger partial charge < -0.3 is 0 Å². The highest BCUT2D eigenvalue weighted by Gasteiger charge is 2.32. The van der Waals surface area contributed by atoms with E-state index in [4.69, 9.17) is 11.6 Å². The van der Waals surface area contributed by atoms with Crippen molar-refractivity contribution in [3.8, 4) is 0 Å². The van der Waals surface area contributed by atoms with Gasteiger partial charge in [-0.1, -0.05) is 22.0 Å². The summed E-state index contributed by atoms with van der Waals surface area (Å²) in [5, 5.41) is -0.874. The fraction of sp³-hybridized carbons (Fsp3) is 0.300. The standard InChI is InChI=1S/C10H7BrClF3OS/c1-5(12)9(16)8-6(11)3-2-4-7(8)17-10(13,14)15/h2-5H,1H3. The molecule has 7 heteroatoms. The van der Waals surface area contributed by atoms with Gasteiger partial charge in [0, 0.05) is 14.9 Å². The summed E-state index contributed by atoms with van der Waals surface area (Å²) in [6.07, 6.45) is 0. The Morgan fingerprint density at radius 1 is 1.47 bits per heavy atom. The second kappa shape index (κ2) is 5.63. The molecule has 0 aliphatic heterocycles. The minimum Gasteiger partial charge on any atom is -0.292 e. The number of thioether (sulfide) groups is 1. The summed E-state index contributed by atoms with van der Waals surface area (Å²) in [5.41, 5.74) is -4.47. The van der Waals surface area contributed by atoms with E-state index in [0.717, 1.165) is 0 Å². The molecule has 0 aliphatic carbocycles. The van der Waals surface area contributed by atoms with E-state index < -0.39 is 16.7 Å². The van der Waals surface area contributed by atoms with Crippen LogP contribution in [0, 0.1) is 0 Å². The molecule has 0 spiro atoms. The van der Waals surface area contributed by atoms with Gasteiger partial charge in [-0.05, 0) is 30.8 Å². The molecule has 1 unspecified atom stereocenters. The highest BCUT2D eigenvalue weighted by molar-refractivity contribution is 9.10. The largest absolute Gasteiger partial charge is 0.446 e. The maximum Gasteiger partial charge on any atom is 0.446 e. The first kappa shape index (κ1) is 14.9. The summed E-state index contributed by atoms with van der Waals surface area (Å²) in [4.78, 5) is 11.6. The van der Waals surface area contributed by atoms with Crippen molar-refractivity contribution < 1.29 is 18.0 Å². The topological polar surface area (TPSA) is 17.1 Å². The van der Waals surface area contributed by atoms with Crippen LogP contribution in [0.2, 0.25) is 0 Å². The van der Waals surface area contributed by atoms with E-state index in [1.165, 1.54) is 25.1 Å². The fourth-order valence-corrected chi connectivity index (χ4v) is 2.66. The van der Waals surface area contributed by atoms with E-state index in [1.54, 1.807) is 0 Å². The lowest BCUT2D eigenvalue weighted by Gasteiger charge is -2.12. The van der Waals surface area contributed by atoms with Crippen molar-refractivity contribution in [2.45, 2.75) is 22.7 Å². The molecule has 1 nitrogen and oxygen atoms in total. The third-order valence-corrected chi connectivity index (χ3v) is 3.46. The molecule has 0 aliphatic rings. The molecular formula is C10H7BrClF3OS. The molecule has 0 saturated heterocycles. The molecule has 1 aromatic carbocycles. The lowest BCUT2D eigenvalue weighted by atomic mass is 10.1. The summed E-state index contributed by atoms with van der Waals surface area (Å²) in [7, 11) is 0. The van der Waals surface area contributed by atoms with Gasteiger partial charge in [0.05, 0.1) is 5.38 Å². The average molecular weight is 348 g/mol. The number of alkyl halides is 4. The van der Waals surface area contributed by atoms with Crippen LogP contribution in [0.5, 0.6) is 0 Å². The predicted octanol–water partition coefficient (Wildman–Crippen LogP) is 4.87. The molecule has 0 radical (unpaired) electrons. The SMILES string of the molecule is CC(Cl)C(=O)c1c(Br)cccc1SC(F)(F)F. The van der Waals surface area contributed by atoms with Crippen molar-refractivity contribution in [3.05, 3.63) is 28.2 Å². The zero-order valence-electron chi connectivity index (χ0n) is 8.52. The van der Waals surface area contributed by atoms with E-state index >= 15 is 0 Å². The number of hydrogen-bond acceptors (Lipinski definition) is 2. The van der Waals surface area contributed by atoms with Crippen molar-refractivity contribution in [1.82, 2.24) is 0 Å². The third kappa shape index (κ3) is 4.19. The first-order valence-electron chi connectivity index (χ1n) is 4.45. The van der Waals surface area contributed by atoms with Crippen LogP contribution in [0.1, 0.15) is 17.3 Å². The van der Waals surface area contributed by atoms with Gasteiger partial charge in [-0.3, -0.25) is 4.79 Å². The van der Waals surface area contributed by atoms with Crippen LogP contribution in [0.15, 0.2) is 27.6 Å². The fourth-order valence-electron chi connectivity index (χ4n) is 1.15. The van der Waals surface area contributed by atoms with E-state index in [2.05, 4.69) is 15.9 Å². The van der Waals surface area contributed by atoms with E-state index in [1.807, 2.05) is 0 Å². The minimum absolute atomic E-state index is 0.0303. The van der Waals surface area contributed by atoms with Crippen LogP contribution < -0.4 is 0 Å². The molecule has 0 N–H and O–H groups in total. The van der Waals surface area contributed by atoms with Crippen molar-refractivity contribution >= 4 is 45.1 Å². The third-order valence-electron chi connectivity index (χ3n) is 1.81. The number of ketones is 1. The molecule has 1 rings (SSSR count). The number of halogens is 5. The Morgan fingerprint density at radius 3 is 2.53 bits per heavy atom. The van der Waals surface area contributed by atoms with Gasteiger partial charge in [-0.2, -0.15) is 13.2 Å². The second-order valence-corrected chi connectivity index (χ2v) is 5.76. The van der Waals surface area contributed by atoms with Gasteiger partial charge in [0.25, 0.3) is 0 Å². The maximum absolute atomic E-state index is 12.3. The number of carbonyl (C=O) groups is 1. The number of rotatable bonds is 3. The lowest BCUT2D eigenvalue weighted by molar-refractivity contribution is -0.0328. The summed E-state index contributed by atoms with van der Waals surface area (Å²) in [6, 6.07) is 4.19. The first-order valence-corrected chi connectivity index (χ1v) is 6.49. The number of benzene rings is 1. The smallest absolute Gasteiger partial charge is 0.292 e. The van der Waals surface area contributed by atoms with E-state index in [0.29, 0.717) is 4.47 Å².